The highest BCUT2D eigenvalue weighted by molar-refractivity contribution is 5.70. The molecule has 1 rings (SSSR count). The van der Waals surface area contributed by atoms with E-state index in [4.69, 9.17) is 9.84 Å². The fraction of sp³-hybridized carbons (Fsp3) is 0.909. The molecule has 1 fully saturated rings. The molecule has 3 unspecified atom stereocenters. The highest BCUT2D eigenvalue weighted by Crippen LogP contribution is 2.19. The summed E-state index contributed by atoms with van der Waals surface area (Å²) in [4.78, 5) is 13.2. The maximum atomic E-state index is 10.9. The molecule has 0 saturated carbocycles. The van der Waals surface area contributed by atoms with Gasteiger partial charge in [0, 0.05) is 18.6 Å². The van der Waals surface area contributed by atoms with Crippen LogP contribution < -0.4 is 0 Å². The molecule has 4 nitrogen and oxygen atoms in total. The van der Waals surface area contributed by atoms with Crippen LogP contribution in [-0.4, -0.2) is 47.8 Å². The molecule has 1 heterocycles. The summed E-state index contributed by atoms with van der Waals surface area (Å²) in [6, 6.07) is 0.451. The summed E-state index contributed by atoms with van der Waals surface area (Å²) < 4.78 is 5.40. The Morgan fingerprint density at radius 2 is 2.27 bits per heavy atom. The number of carboxylic acids is 1. The van der Waals surface area contributed by atoms with Gasteiger partial charge in [0.25, 0.3) is 0 Å². The highest BCUT2D eigenvalue weighted by atomic mass is 16.5. The first-order valence-electron chi connectivity index (χ1n) is 5.64. The van der Waals surface area contributed by atoms with Crippen LogP contribution in [-0.2, 0) is 9.53 Å². The minimum Gasteiger partial charge on any atom is -0.481 e. The van der Waals surface area contributed by atoms with Crippen LogP contribution in [0.15, 0.2) is 0 Å². The monoisotopic (exact) mass is 215 g/mol. The second-order valence-corrected chi connectivity index (χ2v) is 4.24. The molecule has 3 atom stereocenters. The van der Waals surface area contributed by atoms with Gasteiger partial charge in [-0.1, -0.05) is 13.8 Å². The topological polar surface area (TPSA) is 49.8 Å². The van der Waals surface area contributed by atoms with Crippen molar-refractivity contribution in [3.8, 4) is 0 Å². The molecule has 0 amide bonds. The van der Waals surface area contributed by atoms with Crippen molar-refractivity contribution < 1.29 is 14.6 Å². The third-order valence-electron chi connectivity index (χ3n) is 3.38. The van der Waals surface area contributed by atoms with Gasteiger partial charge in [-0.15, -0.1) is 0 Å². The highest BCUT2D eigenvalue weighted by Gasteiger charge is 2.31. The molecule has 0 aromatic heterocycles. The number of rotatable bonds is 4. The van der Waals surface area contributed by atoms with Crippen molar-refractivity contribution in [2.45, 2.75) is 39.3 Å². The second-order valence-electron chi connectivity index (χ2n) is 4.24. The fourth-order valence-electron chi connectivity index (χ4n) is 2.05. The number of carboxylic acid groups (broad SMARTS) is 1. The standard InChI is InChI=1S/C11H21NO3/c1-4-10-7-15-6-5-12(10)9(3)8(2)11(13)14/h8-10H,4-7H2,1-3H3,(H,13,14). The average molecular weight is 215 g/mol. The summed E-state index contributed by atoms with van der Waals surface area (Å²) in [6.07, 6.45) is 1.01. The summed E-state index contributed by atoms with van der Waals surface area (Å²) >= 11 is 0. The Kier molecular flexibility index (Phi) is 4.54. The van der Waals surface area contributed by atoms with E-state index in [1.54, 1.807) is 6.92 Å². The van der Waals surface area contributed by atoms with Crippen molar-refractivity contribution in [1.29, 1.82) is 0 Å². The van der Waals surface area contributed by atoms with Gasteiger partial charge < -0.3 is 9.84 Å². The number of aliphatic carboxylic acids is 1. The van der Waals surface area contributed by atoms with Crippen LogP contribution in [0.1, 0.15) is 27.2 Å². The fourth-order valence-corrected chi connectivity index (χ4v) is 2.05. The number of carbonyl (C=O) groups is 1. The van der Waals surface area contributed by atoms with E-state index in [-0.39, 0.29) is 12.0 Å². The summed E-state index contributed by atoms with van der Waals surface area (Å²) in [5.41, 5.74) is 0. The zero-order valence-corrected chi connectivity index (χ0v) is 9.77. The Bertz CT molecular complexity index is 220. The Hall–Kier alpha value is -0.610. The Morgan fingerprint density at radius 3 is 2.80 bits per heavy atom. The van der Waals surface area contributed by atoms with Crippen molar-refractivity contribution >= 4 is 5.97 Å². The quantitative estimate of drug-likeness (QED) is 0.765. The molecule has 1 aliphatic rings. The van der Waals surface area contributed by atoms with Crippen LogP contribution >= 0.6 is 0 Å². The van der Waals surface area contributed by atoms with Crippen molar-refractivity contribution in [1.82, 2.24) is 4.90 Å². The van der Waals surface area contributed by atoms with Gasteiger partial charge in [0.1, 0.15) is 0 Å². The second kappa shape index (κ2) is 5.47. The van der Waals surface area contributed by atoms with Gasteiger partial charge in [-0.2, -0.15) is 0 Å². The maximum absolute atomic E-state index is 10.9. The first-order valence-corrected chi connectivity index (χ1v) is 5.64. The molecule has 1 N–H and O–H groups in total. The predicted molar refractivity (Wildman–Crippen MR) is 57.9 cm³/mol. The van der Waals surface area contributed by atoms with Crippen molar-refractivity contribution in [2.75, 3.05) is 19.8 Å². The van der Waals surface area contributed by atoms with Crippen LogP contribution in [0.2, 0.25) is 0 Å². The van der Waals surface area contributed by atoms with Gasteiger partial charge in [0.2, 0.25) is 0 Å². The predicted octanol–water partition coefficient (Wildman–Crippen LogP) is 1.21. The van der Waals surface area contributed by atoms with Crippen LogP contribution in [0.5, 0.6) is 0 Å². The summed E-state index contributed by atoms with van der Waals surface area (Å²) in [6.45, 7) is 8.17. The molecule has 0 radical (unpaired) electrons. The van der Waals surface area contributed by atoms with Gasteiger partial charge >= 0.3 is 5.97 Å². The first-order chi connectivity index (χ1) is 7.07. The number of hydrogen-bond acceptors (Lipinski definition) is 3. The molecule has 0 aromatic carbocycles. The van der Waals surface area contributed by atoms with Crippen LogP contribution in [0.25, 0.3) is 0 Å². The number of hydrogen-bond donors (Lipinski definition) is 1. The Labute approximate surface area is 91.2 Å². The van der Waals surface area contributed by atoms with E-state index in [0.29, 0.717) is 12.6 Å². The molecule has 88 valence electrons. The van der Waals surface area contributed by atoms with E-state index in [9.17, 15) is 4.79 Å². The number of nitrogens with zero attached hydrogens (tertiary/aromatic N) is 1. The lowest BCUT2D eigenvalue weighted by Crippen LogP contribution is -2.52. The molecular formula is C11H21NO3. The summed E-state index contributed by atoms with van der Waals surface area (Å²) in [5.74, 6) is -1.04. The molecule has 4 heteroatoms. The van der Waals surface area contributed by atoms with Crippen LogP contribution in [0, 0.1) is 5.92 Å². The molecule has 0 bridgehead atoms. The van der Waals surface area contributed by atoms with Gasteiger partial charge in [0.05, 0.1) is 19.1 Å². The smallest absolute Gasteiger partial charge is 0.307 e. The number of morpholine rings is 1. The van der Waals surface area contributed by atoms with E-state index >= 15 is 0 Å². The normalized spacial score (nSPS) is 27.3. The zero-order chi connectivity index (χ0) is 11.4. The molecule has 0 aromatic rings. The molecule has 0 spiro atoms. The molecule has 0 aliphatic carbocycles. The third-order valence-corrected chi connectivity index (χ3v) is 3.38. The zero-order valence-electron chi connectivity index (χ0n) is 9.77. The maximum Gasteiger partial charge on any atom is 0.307 e. The summed E-state index contributed by atoms with van der Waals surface area (Å²) in [5, 5.41) is 8.98. The van der Waals surface area contributed by atoms with Gasteiger partial charge in [-0.25, -0.2) is 0 Å². The van der Waals surface area contributed by atoms with Crippen LogP contribution in [0.4, 0.5) is 0 Å². The first kappa shape index (κ1) is 12.5. The van der Waals surface area contributed by atoms with E-state index in [1.807, 2.05) is 6.92 Å². The van der Waals surface area contributed by atoms with E-state index in [2.05, 4.69) is 11.8 Å². The minimum atomic E-state index is -0.719. The van der Waals surface area contributed by atoms with Gasteiger partial charge in [-0.3, -0.25) is 9.69 Å². The minimum absolute atomic E-state index is 0.0800. The molecule has 1 saturated heterocycles. The average Bonchev–Trinajstić information content (AvgIpc) is 2.26. The van der Waals surface area contributed by atoms with E-state index in [1.165, 1.54) is 0 Å². The third kappa shape index (κ3) is 2.92. The largest absolute Gasteiger partial charge is 0.481 e. The van der Waals surface area contributed by atoms with Gasteiger partial charge in [0.15, 0.2) is 0 Å². The van der Waals surface area contributed by atoms with E-state index < -0.39 is 5.97 Å². The molecule has 15 heavy (non-hydrogen) atoms. The van der Waals surface area contributed by atoms with Crippen molar-refractivity contribution in [3.05, 3.63) is 0 Å². The van der Waals surface area contributed by atoms with Crippen molar-refractivity contribution in [2.24, 2.45) is 5.92 Å². The summed E-state index contributed by atoms with van der Waals surface area (Å²) in [7, 11) is 0. The molecule has 1 aliphatic heterocycles. The van der Waals surface area contributed by atoms with E-state index in [0.717, 1.165) is 19.6 Å². The lowest BCUT2D eigenvalue weighted by atomic mass is 9.99. The lowest BCUT2D eigenvalue weighted by molar-refractivity contribution is -0.145. The van der Waals surface area contributed by atoms with Crippen molar-refractivity contribution in [3.63, 3.8) is 0 Å². The van der Waals surface area contributed by atoms with Crippen LogP contribution in [0.3, 0.4) is 0 Å². The molecular weight excluding hydrogens is 194 g/mol. The Balaban J connectivity index is 2.62. The lowest BCUT2D eigenvalue weighted by Gasteiger charge is -2.40. The van der Waals surface area contributed by atoms with Gasteiger partial charge in [-0.05, 0) is 13.3 Å². The SMILES string of the molecule is CCC1COCCN1C(C)C(C)C(=O)O. The number of ether oxygens (including phenoxy) is 1. The Morgan fingerprint density at radius 1 is 1.60 bits per heavy atom.